The molecule has 0 spiro atoms. The Morgan fingerprint density at radius 1 is 1.12 bits per heavy atom. The van der Waals surface area contributed by atoms with Crippen LogP contribution in [0.1, 0.15) is 25.3 Å². The van der Waals surface area contributed by atoms with E-state index in [1.807, 2.05) is 30.3 Å². The van der Waals surface area contributed by atoms with Crippen molar-refractivity contribution in [2.75, 3.05) is 13.1 Å². The molecule has 3 amide bonds. The molecule has 1 fully saturated rings. The molecule has 1 saturated heterocycles. The number of benzene rings is 1. The number of rotatable bonds is 6. The van der Waals surface area contributed by atoms with Crippen LogP contribution in [0.5, 0.6) is 0 Å². The van der Waals surface area contributed by atoms with E-state index >= 15 is 0 Å². The lowest BCUT2D eigenvalue weighted by molar-refractivity contribution is -0.197. The van der Waals surface area contributed by atoms with Crippen LogP contribution in [-0.2, 0) is 30.6 Å². The van der Waals surface area contributed by atoms with E-state index in [1.165, 1.54) is 0 Å². The highest BCUT2D eigenvalue weighted by atomic mass is 16.7. The van der Waals surface area contributed by atoms with E-state index in [4.69, 9.17) is 9.57 Å². The predicted molar refractivity (Wildman–Crippen MR) is 81.1 cm³/mol. The first kappa shape index (κ1) is 17.5. The van der Waals surface area contributed by atoms with Gasteiger partial charge in [0.15, 0.2) is 0 Å². The van der Waals surface area contributed by atoms with E-state index in [0.717, 1.165) is 10.5 Å². The zero-order chi connectivity index (χ0) is 17.5. The molecule has 128 valence electrons. The second-order valence-corrected chi connectivity index (χ2v) is 5.10. The van der Waals surface area contributed by atoms with E-state index in [0.29, 0.717) is 5.06 Å². The monoisotopic (exact) mass is 334 g/mol. The fourth-order valence-corrected chi connectivity index (χ4v) is 2.06. The van der Waals surface area contributed by atoms with Gasteiger partial charge in [-0.3, -0.25) is 14.5 Å². The second-order valence-electron chi connectivity index (χ2n) is 5.10. The predicted octanol–water partition coefficient (Wildman–Crippen LogP) is 1.25. The van der Waals surface area contributed by atoms with Gasteiger partial charge < -0.3 is 9.57 Å². The van der Waals surface area contributed by atoms with E-state index in [-0.39, 0.29) is 26.0 Å². The van der Waals surface area contributed by atoms with Crippen LogP contribution in [0.15, 0.2) is 30.3 Å². The average molecular weight is 334 g/mol. The summed E-state index contributed by atoms with van der Waals surface area (Å²) in [6, 6.07) is 9.11. The number of imide groups is 1. The summed E-state index contributed by atoms with van der Waals surface area (Å²) >= 11 is 0. The van der Waals surface area contributed by atoms with E-state index < -0.39 is 30.4 Å². The first-order chi connectivity index (χ1) is 11.5. The van der Waals surface area contributed by atoms with Crippen molar-refractivity contribution < 1.29 is 28.8 Å². The summed E-state index contributed by atoms with van der Waals surface area (Å²) in [6.07, 6.45) is -0.650. The van der Waals surface area contributed by atoms with Crippen molar-refractivity contribution in [2.24, 2.45) is 0 Å². The topological polar surface area (TPSA) is 93.2 Å². The molecule has 0 radical (unpaired) electrons. The fraction of sp³-hybridized carbons (Fsp3) is 0.375. The zero-order valence-electron chi connectivity index (χ0n) is 13.3. The van der Waals surface area contributed by atoms with Crippen molar-refractivity contribution in [3.63, 3.8) is 0 Å². The van der Waals surface area contributed by atoms with Crippen molar-refractivity contribution >= 4 is 23.9 Å². The van der Waals surface area contributed by atoms with Gasteiger partial charge in [-0.05, 0) is 12.5 Å². The van der Waals surface area contributed by atoms with Gasteiger partial charge in [-0.25, -0.2) is 9.59 Å². The lowest BCUT2D eigenvalue weighted by atomic mass is 10.2. The fourth-order valence-electron chi connectivity index (χ4n) is 2.06. The Morgan fingerprint density at radius 3 is 2.33 bits per heavy atom. The maximum absolute atomic E-state index is 12.0. The summed E-state index contributed by atoms with van der Waals surface area (Å²) in [5.74, 6) is -2.01. The third-order valence-corrected chi connectivity index (χ3v) is 3.36. The summed E-state index contributed by atoms with van der Waals surface area (Å²) in [5.41, 5.74) is 0.817. The Hall–Kier alpha value is -2.90. The van der Waals surface area contributed by atoms with Crippen molar-refractivity contribution in [1.82, 2.24) is 9.96 Å². The molecule has 24 heavy (non-hydrogen) atoms. The summed E-state index contributed by atoms with van der Waals surface area (Å²) in [6.45, 7) is 1.54. The lowest BCUT2D eigenvalue weighted by Gasteiger charge is -2.20. The Morgan fingerprint density at radius 2 is 1.75 bits per heavy atom. The molecule has 8 heteroatoms. The molecular formula is C16H18N2O6. The number of ether oxygens (including phenoxy) is 1. The largest absolute Gasteiger partial charge is 0.445 e. The summed E-state index contributed by atoms with van der Waals surface area (Å²) < 4.78 is 5.13. The van der Waals surface area contributed by atoms with Gasteiger partial charge in [0.2, 0.25) is 0 Å². The Labute approximate surface area is 138 Å². The van der Waals surface area contributed by atoms with Crippen LogP contribution in [0.3, 0.4) is 0 Å². The third-order valence-electron chi connectivity index (χ3n) is 3.36. The molecule has 1 aromatic rings. The lowest BCUT2D eigenvalue weighted by Crippen LogP contribution is -2.40. The quantitative estimate of drug-likeness (QED) is 0.727. The Bertz CT molecular complexity index is 615. The van der Waals surface area contributed by atoms with Crippen LogP contribution in [-0.4, -0.2) is 46.9 Å². The van der Waals surface area contributed by atoms with Gasteiger partial charge in [0.25, 0.3) is 11.8 Å². The number of carbonyl (C=O) groups excluding carboxylic acids is 4. The molecule has 1 aromatic carbocycles. The molecule has 0 unspecified atom stereocenters. The highest BCUT2D eigenvalue weighted by Gasteiger charge is 2.33. The maximum Gasteiger partial charge on any atom is 0.410 e. The molecule has 0 N–H and O–H groups in total. The van der Waals surface area contributed by atoms with Gasteiger partial charge in [0, 0.05) is 19.4 Å². The van der Waals surface area contributed by atoms with Crippen LogP contribution >= 0.6 is 0 Å². The highest BCUT2D eigenvalue weighted by Crippen LogP contribution is 2.12. The van der Waals surface area contributed by atoms with E-state index in [1.54, 1.807) is 6.92 Å². The summed E-state index contributed by atoms with van der Waals surface area (Å²) in [4.78, 5) is 52.4. The van der Waals surface area contributed by atoms with Gasteiger partial charge in [-0.2, -0.15) is 0 Å². The molecular weight excluding hydrogens is 316 g/mol. The number of hydroxylamine groups is 2. The van der Waals surface area contributed by atoms with Crippen LogP contribution in [0, 0.1) is 0 Å². The highest BCUT2D eigenvalue weighted by molar-refractivity contribution is 6.01. The van der Waals surface area contributed by atoms with Crippen molar-refractivity contribution in [3.05, 3.63) is 35.9 Å². The van der Waals surface area contributed by atoms with Gasteiger partial charge in [0.05, 0.1) is 0 Å². The molecule has 2 rings (SSSR count). The standard InChI is InChI=1S/C16H18N2O6/c1-2-17(16(22)23-11-12-6-4-3-5-7-12)10-15(21)24-18-13(19)8-9-14(18)20/h3-7H,2,8-11H2,1H3. The maximum atomic E-state index is 12.0. The molecule has 1 heterocycles. The second kappa shape index (κ2) is 8.09. The molecule has 0 atom stereocenters. The summed E-state index contributed by atoms with van der Waals surface area (Å²) in [7, 11) is 0. The average Bonchev–Trinajstić information content (AvgIpc) is 2.90. The normalized spacial score (nSPS) is 13.8. The van der Waals surface area contributed by atoms with Crippen molar-refractivity contribution in [2.45, 2.75) is 26.4 Å². The zero-order valence-corrected chi connectivity index (χ0v) is 13.3. The number of likely N-dealkylation sites (N-methyl/N-ethyl adjacent to an activating group) is 1. The van der Waals surface area contributed by atoms with Gasteiger partial charge in [-0.15, -0.1) is 5.06 Å². The van der Waals surface area contributed by atoms with Crippen LogP contribution < -0.4 is 0 Å². The van der Waals surface area contributed by atoms with Gasteiger partial charge in [0.1, 0.15) is 13.2 Å². The van der Waals surface area contributed by atoms with Crippen molar-refractivity contribution in [3.8, 4) is 0 Å². The molecule has 0 aromatic heterocycles. The first-order valence-corrected chi connectivity index (χ1v) is 7.53. The molecule has 0 saturated carbocycles. The summed E-state index contributed by atoms with van der Waals surface area (Å²) in [5, 5.41) is 0.450. The number of nitrogens with zero attached hydrogens (tertiary/aromatic N) is 2. The number of amides is 3. The molecule has 0 bridgehead atoms. The van der Waals surface area contributed by atoms with Crippen LogP contribution in [0.2, 0.25) is 0 Å². The SMILES string of the molecule is CCN(CC(=O)ON1C(=O)CCC1=O)C(=O)OCc1ccccc1. The first-order valence-electron chi connectivity index (χ1n) is 7.53. The van der Waals surface area contributed by atoms with Gasteiger partial charge in [-0.1, -0.05) is 30.3 Å². The van der Waals surface area contributed by atoms with Crippen LogP contribution in [0.4, 0.5) is 4.79 Å². The number of carbonyl (C=O) groups is 4. The van der Waals surface area contributed by atoms with Crippen molar-refractivity contribution in [1.29, 1.82) is 0 Å². The Kier molecular flexibility index (Phi) is 5.89. The van der Waals surface area contributed by atoms with E-state index in [2.05, 4.69) is 0 Å². The molecule has 1 aliphatic rings. The third kappa shape index (κ3) is 4.55. The van der Waals surface area contributed by atoms with Crippen LogP contribution in [0.25, 0.3) is 0 Å². The molecule has 1 aliphatic heterocycles. The minimum Gasteiger partial charge on any atom is -0.445 e. The Balaban J connectivity index is 1.84. The van der Waals surface area contributed by atoms with Gasteiger partial charge >= 0.3 is 12.1 Å². The number of hydrogen-bond acceptors (Lipinski definition) is 6. The molecule has 8 nitrogen and oxygen atoms in total. The van der Waals surface area contributed by atoms with E-state index in [9.17, 15) is 19.2 Å². The molecule has 0 aliphatic carbocycles. The number of hydrogen-bond donors (Lipinski definition) is 0. The smallest absolute Gasteiger partial charge is 0.410 e. The minimum atomic E-state index is -0.878. The minimum absolute atomic E-state index is 0.0166.